The molecule has 0 unspecified atom stereocenters. The summed E-state index contributed by atoms with van der Waals surface area (Å²) in [5.74, 6) is -0.0810. The van der Waals surface area contributed by atoms with Gasteiger partial charge in [0.15, 0.2) is 0 Å². The van der Waals surface area contributed by atoms with Crippen molar-refractivity contribution in [2.24, 2.45) is 0 Å². The molecule has 0 aliphatic carbocycles. The molecular weight excluding hydrogens is 431 g/mol. The van der Waals surface area contributed by atoms with E-state index < -0.39 is 17.6 Å². The van der Waals surface area contributed by atoms with E-state index in [4.69, 9.17) is 4.74 Å². The summed E-state index contributed by atoms with van der Waals surface area (Å²) < 4.78 is 58.1. The van der Waals surface area contributed by atoms with E-state index in [2.05, 4.69) is 20.3 Å². The van der Waals surface area contributed by atoms with E-state index in [0.717, 1.165) is 35.3 Å². The van der Waals surface area contributed by atoms with Gasteiger partial charge in [-0.15, -0.1) is 0 Å². The van der Waals surface area contributed by atoms with Crippen molar-refractivity contribution in [3.63, 3.8) is 0 Å². The molecule has 5 nitrogen and oxygen atoms in total. The van der Waals surface area contributed by atoms with Crippen LogP contribution < -0.4 is 10.1 Å². The first-order chi connectivity index (χ1) is 14.9. The number of anilines is 1. The number of fused-ring (bicyclic) bond motifs is 1. The van der Waals surface area contributed by atoms with E-state index in [9.17, 15) is 17.6 Å². The van der Waals surface area contributed by atoms with E-state index in [1.165, 1.54) is 18.5 Å². The van der Waals surface area contributed by atoms with Gasteiger partial charge in [-0.25, -0.2) is 19.3 Å². The Morgan fingerprint density at radius 3 is 2.53 bits per heavy atom. The number of nitrogens with one attached hydrogen (secondary N) is 1. The van der Waals surface area contributed by atoms with Gasteiger partial charge >= 0.3 is 6.18 Å². The van der Waals surface area contributed by atoms with Crippen molar-refractivity contribution in [2.45, 2.75) is 12.6 Å². The fraction of sp³-hybridized carbons (Fsp3) is 0.136. The molecule has 0 saturated carbocycles. The molecule has 0 aliphatic rings. The number of rotatable bonds is 6. The molecule has 0 atom stereocenters. The minimum Gasteiger partial charge on any atom is -0.439 e. The summed E-state index contributed by atoms with van der Waals surface area (Å²) in [5.41, 5.74) is 0.337. The maximum absolute atomic E-state index is 14.5. The summed E-state index contributed by atoms with van der Waals surface area (Å²) in [6.07, 6.45) is -1.70. The summed E-state index contributed by atoms with van der Waals surface area (Å²) in [6.45, 7) is 0.424. The van der Waals surface area contributed by atoms with Crippen LogP contribution in [0.5, 0.6) is 11.6 Å². The van der Waals surface area contributed by atoms with Gasteiger partial charge in [-0.05, 0) is 36.2 Å². The lowest BCUT2D eigenvalue weighted by Gasteiger charge is -2.11. The highest BCUT2D eigenvalue weighted by Gasteiger charge is 2.31. The quantitative estimate of drug-likeness (QED) is 0.379. The lowest BCUT2D eigenvalue weighted by atomic mass is 10.1. The Kier molecular flexibility index (Phi) is 6.82. The Bertz CT molecular complexity index is 1210. The number of ether oxygens (including phenoxy) is 1. The van der Waals surface area contributed by atoms with Gasteiger partial charge in [0, 0.05) is 30.3 Å². The second-order valence-electron chi connectivity index (χ2n) is 6.65. The Morgan fingerprint density at radius 1 is 0.938 bits per heavy atom. The average molecular weight is 448 g/mol. The third kappa shape index (κ3) is 5.26. The standard InChI is InChI=1S/C22H16F4N4O.FH/c23-18-12-16(31-20-11-15(8-10-27-20)22(24,25)26)6-5-14(18)7-9-28-21-17-3-1-2-4-19(17)29-13-30-21;/h1-6,8,10-13H,7,9H2,(H,28,29,30);1H. The molecule has 166 valence electrons. The van der Waals surface area contributed by atoms with Crippen molar-refractivity contribution in [3.8, 4) is 11.6 Å². The zero-order valence-corrected chi connectivity index (χ0v) is 16.4. The molecule has 0 fully saturated rings. The summed E-state index contributed by atoms with van der Waals surface area (Å²) in [4.78, 5) is 12.2. The molecule has 2 heterocycles. The molecule has 2 aromatic heterocycles. The van der Waals surface area contributed by atoms with Crippen molar-refractivity contribution in [2.75, 3.05) is 11.9 Å². The van der Waals surface area contributed by atoms with E-state index >= 15 is 0 Å². The maximum Gasteiger partial charge on any atom is 0.416 e. The van der Waals surface area contributed by atoms with E-state index in [1.54, 1.807) is 0 Å². The van der Waals surface area contributed by atoms with Crippen molar-refractivity contribution < 1.29 is 27.0 Å². The fourth-order valence-electron chi connectivity index (χ4n) is 3.02. The Hall–Kier alpha value is -3.82. The Balaban J connectivity index is 0.00000289. The van der Waals surface area contributed by atoms with Crippen LogP contribution in [0, 0.1) is 5.82 Å². The number of pyridine rings is 1. The van der Waals surface area contributed by atoms with Crippen LogP contribution >= 0.6 is 0 Å². The normalized spacial score (nSPS) is 11.1. The lowest BCUT2D eigenvalue weighted by molar-refractivity contribution is -0.137. The van der Waals surface area contributed by atoms with Gasteiger partial charge in [0.1, 0.15) is 23.7 Å². The number of aromatic nitrogens is 3. The van der Waals surface area contributed by atoms with Gasteiger partial charge < -0.3 is 10.1 Å². The topological polar surface area (TPSA) is 59.9 Å². The largest absolute Gasteiger partial charge is 0.439 e. The van der Waals surface area contributed by atoms with Crippen molar-refractivity contribution in [1.29, 1.82) is 0 Å². The zero-order valence-electron chi connectivity index (χ0n) is 16.4. The second-order valence-corrected chi connectivity index (χ2v) is 6.65. The molecule has 0 bridgehead atoms. The predicted molar refractivity (Wildman–Crippen MR) is 110 cm³/mol. The Labute approximate surface area is 179 Å². The van der Waals surface area contributed by atoms with Crippen LogP contribution in [0.4, 0.5) is 28.1 Å². The summed E-state index contributed by atoms with van der Waals surface area (Å²) >= 11 is 0. The number of para-hydroxylation sites is 1. The predicted octanol–water partition coefficient (Wildman–Crippen LogP) is 5.78. The van der Waals surface area contributed by atoms with Crippen LogP contribution in [-0.4, -0.2) is 21.5 Å². The van der Waals surface area contributed by atoms with Crippen molar-refractivity contribution in [3.05, 3.63) is 84.1 Å². The number of hydrogen-bond acceptors (Lipinski definition) is 5. The fourth-order valence-corrected chi connectivity index (χ4v) is 3.02. The summed E-state index contributed by atoms with van der Waals surface area (Å²) in [5, 5.41) is 4.04. The third-order valence-electron chi connectivity index (χ3n) is 4.54. The van der Waals surface area contributed by atoms with E-state index in [1.807, 2.05) is 24.3 Å². The first kappa shape index (κ1) is 22.9. The van der Waals surface area contributed by atoms with Crippen LogP contribution in [0.2, 0.25) is 0 Å². The number of alkyl halides is 3. The lowest BCUT2D eigenvalue weighted by Crippen LogP contribution is -2.08. The van der Waals surface area contributed by atoms with Crippen LogP contribution in [-0.2, 0) is 12.6 Å². The van der Waals surface area contributed by atoms with Gasteiger partial charge in [0.2, 0.25) is 5.88 Å². The smallest absolute Gasteiger partial charge is 0.416 e. The van der Waals surface area contributed by atoms with Gasteiger partial charge in [-0.1, -0.05) is 18.2 Å². The maximum atomic E-state index is 14.5. The van der Waals surface area contributed by atoms with Gasteiger partial charge in [0.25, 0.3) is 0 Å². The van der Waals surface area contributed by atoms with Gasteiger partial charge in [0.05, 0.1) is 11.1 Å². The summed E-state index contributed by atoms with van der Waals surface area (Å²) in [6, 6.07) is 13.3. The van der Waals surface area contributed by atoms with Gasteiger partial charge in [-0.3, -0.25) is 4.70 Å². The molecule has 0 saturated heterocycles. The monoisotopic (exact) mass is 448 g/mol. The minimum absolute atomic E-state index is 0. The first-order valence-electron chi connectivity index (χ1n) is 9.33. The molecule has 1 N–H and O–H groups in total. The van der Waals surface area contributed by atoms with Crippen LogP contribution in [0.1, 0.15) is 11.1 Å². The highest BCUT2D eigenvalue weighted by Crippen LogP contribution is 2.32. The first-order valence-corrected chi connectivity index (χ1v) is 9.33. The molecule has 0 spiro atoms. The van der Waals surface area contributed by atoms with E-state index in [-0.39, 0.29) is 16.3 Å². The molecular formula is C22H17F5N4O. The average Bonchev–Trinajstić information content (AvgIpc) is 2.75. The van der Waals surface area contributed by atoms with Crippen LogP contribution in [0.25, 0.3) is 10.9 Å². The number of nitrogens with zero attached hydrogens (tertiary/aromatic N) is 3. The molecule has 0 aliphatic heterocycles. The molecule has 4 aromatic rings. The zero-order chi connectivity index (χ0) is 21.8. The third-order valence-corrected chi connectivity index (χ3v) is 4.54. The van der Waals surface area contributed by atoms with Crippen LogP contribution in [0.15, 0.2) is 67.1 Å². The number of hydrogen-bond donors (Lipinski definition) is 1. The molecule has 2 aromatic carbocycles. The molecule has 0 radical (unpaired) electrons. The molecule has 0 amide bonds. The van der Waals surface area contributed by atoms with Gasteiger partial charge in [-0.2, -0.15) is 13.2 Å². The molecule has 32 heavy (non-hydrogen) atoms. The SMILES string of the molecule is F.Fc1cc(Oc2cc(C(F)(F)F)ccn2)ccc1CCNc1ncnc2ccccc12. The van der Waals surface area contributed by atoms with Crippen molar-refractivity contribution >= 4 is 16.7 Å². The highest BCUT2D eigenvalue weighted by molar-refractivity contribution is 5.88. The Morgan fingerprint density at radius 2 is 1.75 bits per heavy atom. The number of halogens is 5. The highest BCUT2D eigenvalue weighted by atomic mass is 19.4. The second kappa shape index (κ2) is 9.54. The van der Waals surface area contributed by atoms with Crippen molar-refractivity contribution in [1.82, 2.24) is 15.0 Å². The van der Waals surface area contributed by atoms with E-state index in [0.29, 0.717) is 24.3 Å². The minimum atomic E-state index is -4.52. The number of benzene rings is 2. The van der Waals surface area contributed by atoms with Crippen LogP contribution in [0.3, 0.4) is 0 Å². The molecule has 4 rings (SSSR count). The molecule has 10 heteroatoms. The summed E-state index contributed by atoms with van der Waals surface area (Å²) in [7, 11) is 0.